The van der Waals surface area contributed by atoms with Crippen LogP contribution in [0, 0.1) is 18.7 Å². The van der Waals surface area contributed by atoms with E-state index in [4.69, 9.17) is 10.6 Å². The van der Waals surface area contributed by atoms with Crippen LogP contribution < -0.4 is 16.0 Å². The predicted octanol–water partition coefficient (Wildman–Crippen LogP) is 2.89. The number of ether oxygens (including phenoxy) is 1. The van der Waals surface area contributed by atoms with Gasteiger partial charge in [-0.05, 0) is 42.2 Å². The lowest BCUT2D eigenvalue weighted by molar-refractivity contribution is 0.184. The van der Waals surface area contributed by atoms with Crippen LogP contribution >= 0.6 is 0 Å². The Balaban J connectivity index is 1.86. The minimum Gasteiger partial charge on any atom is -0.493 e. The van der Waals surface area contributed by atoms with E-state index in [0.29, 0.717) is 12.2 Å². The van der Waals surface area contributed by atoms with Crippen LogP contribution in [0.15, 0.2) is 42.5 Å². The Morgan fingerprint density at radius 3 is 2.86 bits per heavy atom. The van der Waals surface area contributed by atoms with E-state index in [-0.39, 0.29) is 17.8 Å². The molecule has 0 aromatic heterocycles. The summed E-state index contributed by atoms with van der Waals surface area (Å²) in [6.07, 6.45) is 0.862. The van der Waals surface area contributed by atoms with E-state index in [1.54, 1.807) is 19.1 Å². The van der Waals surface area contributed by atoms with Gasteiger partial charge in [0.1, 0.15) is 11.6 Å². The van der Waals surface area contributed by atoms with E-state index in [2.05, 4.69) is 11.5 Å². The van der Waals surface area contributed by atoms with Gasteiger partial charge < -0.3 is 4.74 Å². The van der Waals surface area contributed by atoms with Gasteiger partial charge in [0.25, 0.3) is 0 Å². The molecular formula is C17H19FN2O. The van der Waals surface area contributed by atoms with Gasteiger partial charge in [0.15, 0.2) is 0 Å². The van der Waals surface area contributed by atoms with Crippen molar-refractivity contribution in [3.05, 3.63) is 65.0 Å². The zero-order chi connectivity index (χ0) is 14.8. The number of aryl methyl sites for hydroxylation is 1. The largest absolute Gasteiger partial charge is 0.493 e. The molecule has 0 bridgehead atoms. The number of nitrogens with one attached hydrogen (secondary N) is 1. The highest BCUT2D eigenvalue weighted by Gasteiger charge is 2.28. The van der Waals surface area contributed by atoms with Crippen molar-refractivity contribution >= 4 is 0 Å². The van der Waals surface area contributed by atoms with Gasteiger partial charge in [0.05, 0.1) is 12.6 Å². The lowest BCUT2D eigenvalue weighted by Gasteiger charge is -2.31. The summed E-state index contributed by atoms with van der Waals surface area (Å²) >= 11 is 0. The van der Waals surface area contributed by atoms with Crippen molar-refractivity contribution in [3.8, 4) is 5.75 Å². The Morgan fingerprint density at radius 2 is 2.10 bits per heavy atom. The fraction of sp³-hybridized carbons (Fsp3) is 0.294. The molecule has 2 aromatic carbocycles. The molecule has 0 spiro atoms. The third-order valence-electron chi connectivity index (χ3n) is 4.11. The van der Waals surface area contributed by atoms with E-state index in [9.17, 15) is 4.39 Å². The molecule has 1 aliphatic heterocycles. The Kier molecular flexibility index (Phi) is 3.90. The van der Waals surface area contributed by atoms with Crippen LogP contribution in [0.2, 0.25) is 0 Å². The predicted molar refractivity (Wildman–Crippen MR) is 80.3 cm³/mol. The third kappa shape index (κ3) is 2.77. The van der Waals surface area contributed by atoms with E-state index in [1.807, 2.05) is 24.3 Å². The molecule has 0 aliphatic carbocycles. The standard InChI is InChI=1S/C17H19FN2O/c1-11-6-7-13(9-15(11)18)17(20-19)14-8-12-4-2-3-5-16(12)21-10-14/h2-7,9,14,17,20H,8,10,19H2,1H3. The fourth-order valence-corrected chi connectivity index (χ4v) is 2.87. The first-order valence-corrected chi connectivity index (χ1v) is 7.12. The van der Waals surface area contributed by atoms with Gasteiger partial charge in [-0.2, -0.15) is 0 Å². The van der Waals surface area contributed by atoms with Gasteiger partial charge in [-0.1, -0.05) is 30.3 Å². The Morgan fingerprint density at radius 1 is 1.29 bits per heavy atom. The molecule has 3 N–H and O–H groups in total. The maximum absolute atomic E-state index is 13.8. The van der Waals surface area contributed by atoms with Crippen LogP contribution in [-0.2, 0) is 6.42 Å². The van der Waals surface area contributed by atoms with Crippen LogP contribution in [0.5, 0.6) is 5.75 Å². The van der Waals surface area contributed by atoms with Gasteiger partial charge in [-0.3, -0.25) is 11.3 Å². The van der Waals surface area contributed by atoms with E-state index >= 15 is 0 Å². The number of fused-ring (bicyclic) bond motifs is 1. The molecular weight excluding hydrogens is 267 g/mol. The maximum atomic E-state index is 13.8. The summed E-state index contributed by atoms with van der Waals surface area (Å²) < 4.78 is 19.6. The zero-order valence-corrected chi connectivity index (χ0v) is 12.0. The van der Waals surface area contributed by atoms with Gasteiger partial charge in [-0.15, -0.1) is 0 Å². The summed E-state index contributed by atoms with van der Waals surface area (Å²) in [5, 5.41) is 0. The Bertz CT molecular complexity index is 644. The summed E-state index contributed by atoms with van der Waals surface area (Å²) in [7, 11) is 0. The summed E-state index contributed by atoms with van der Waals surface area (Å²) in [5.41, 5.74) is 5.48. The summed E-state index contributed by atoms with van der Waals surface area (Å²) in [6, 6.07) is 13.1. The average Bonchev–Trinajstić information content (AvgIpc) is 2.51. The number of nitrogens with two attached hydrogens (primary N) is 1. The number of rotatable bonds is 3. The zero-order valence-electron chi connectivity index (χ0n) is 12.0. The molecule has 1 aliphatic rings. The van der Waals surface area contributed by atoms with Crippen LogP contribution in [0.1, 0.15) is 22.7 Å². The van der Waals surface area contributed by atoms with Crippen molar-refractivity contribution in [3.63, 3.8) is 0 Å². The minimum atomic E-state index is -0.204. The average molecular weight is 286 g/mol. The number of hydrazine groups is 1. The summed E-state index contributed by atoms with van der Waals surface area (Å²) in [5.74, 6) is 6.62. The van der Waals surface area contributed by atoms with E-state index in [1.165, 1.54) is 5.56 Å². The molecule has 0 saturated heterocycles. The summed E-state index contributed by atoms with van der Waals surface area (Å²) in [6.45, 7) is 2.32. The van der Waals surface area contributed by atoms with Crippen molar-refractivity contribution in [2.45, 2.75) is 19.4 Å². The number of halogens is 1. The first kappa shape index (κ1) is 14.0. The molecule has 2 aromatic rings. The molecule has 0 amide bonds. The highest BCUT2D eigenvalue weighted by molar-refractivity contribution is 5.36. The smallest absolute Gasteiger partial charge is 0.126 e. The molecule has 0 fully saturated rings. The molecule has 1 heterocycles. The maximum Gasteiger partial charge on any atom is 0.126 e. The number of hydrogen-bond acceptors (Lipinski definition) is 3. The molecule has 3 rings (SSSR count). The fourth-order valence-electron chi connectivity index (χ4n) is 2.87. The highest BCUT2D eigenvalue weighted by Crippen LogP contribution is 2.33. The van der Waals surface area contributed by atoms with Crippen molar-refractivity contribution in [2.24, 2.45) is 11.8 Å². The van der Waals surface area contributed by atoms with Crippen molar-refractivity contribution in [2.75, 3.05) is 6.61 Å². The molecule has 4 heteroatoms. The lowest BCUT2D eigenvalue weighted by atomic mass is 9.86. The molecule has 2 atom stereocenters. The van der Waals surface area contributed by atoms with Gasteiger partial charge in [0.2, 0.25) is 0 Å². The molecule has 0 saturated carbocycles. The van der Waals surface area contributed by atoms with Gasteiger partial charge >= 0.3 is 0 Å². The molecule has 3 nitrogen and oxygen atoms in total. The van der Waals surface area contributed by atoms with Gasteiger partial charge in [0, 0.05) is 5.92 Å². The van der Waals surface area contributed by atoms with Gasteiger partial charge in [-0.25, -0.2) is 4.39 Å². The van der Waals surface area contributed by atoms with Crippen LogP contribution in [0.25, 0.3) is 0 Å². The third-order valence-corrected chi connectivity index (χ3v) is 4.11. The lowest BCUT2D eigenvalue weighted by Crippen LogP contribution is -2.38. The minimum absolute atomic E-state index is 0.131. The monoisotopic (exact) mass is 286 g/mol. The SMILES string of the molecule is Cc1ccc(C(NN)C2COc3ccccc3C2)cc1F. The van der Waals surface area contributed by atoms with Crippen LogP contribution in [-0.4, -0.2) is 6.61 Å². The number of hydrogen-bond donors (Lipinski definition) is 2. The number of para-hydroxylation sites is 1. The van der Waals surface area contributed by atoms with Crippen LogP contribution in [0.4, 0.5) is 4.39 Å². The molecule has 110 valence electrons. The first-order valence-electron chi connectivity index (χ1n) is 7.12. The van der Waals surface area contributed by atoms with E-state index in [0.717, 1.165) is 17.7 Å². The normalized spacial score (nSPS) is 18.7. The Hall–Kier alpha value is -1.91. The van der Waals surface area contributed by atoms with Crippen molar-refractivity contribution < 1.29 is 9.13 Å². The van der Waals surface area contributed by atoms with E-state index < -0.39 is 0 Å². The second-order valence-electron chi connectivity index (χ2n) is 5.54. The van der Waals surface area contributed by atoms with Crippen molar-refractivity contribution in [1.82, 2.24) is 5.43 Å². The molecule has 2 unspecified atom stereocenters. The second-order valence-corrected chi connectivity index (χ2v) is 5.54. The highest BCUT2D eigenvalue weighted by atomic mass is 19.1. The topological polar surface area (TPSA) is 47.3 Å². The van der Waals surface area contributed by atoms with Crippen LogP contribution in [0.3, 0.4) is 0 Å². The molecule has 0 radical (unpaired) electrons. The molecule has 21 heavy (non-hydrogen) atoms. The Labute approximate surface area is 123 Å². The quantitative estimate of drug-likeness (QED) is 0.674. The summed E-state index contributed by atoms with van der Waals surface area (Å²) in [4.78, 5) is 0. The van der Waals surface area contributed by atoms with Crippen molar-refractivity contribution in [1.29, 1.82) is 0 Å². The second kappa shape index (κ2) is 5.84. The number of benzene rings is 2. The first-order chi connectivity index (χ1) is 10.2.